The molecule has 0 aliphatic carbocycles. The number of carbonyl (C=O) groups is 1. The number of amides is 1. The maximum atomic E-state index is 12.2. The number of furan rings is 1. The third-order valence-electron chi connectivity index (χ3n) is 3.91. The number of nitro groups is 1. The minimum absolute atomic E-state index is 0.0302. The zero-order valence-electron chi connectivity index (χ0n) is 14.8. The van der Waals surface area contributed by atoms with Gasteiger partial charge in [-0.15, -0.1) is 0 Å². The second-order valence-electron chi connectivity index (χ2n) is 5.86. The molecular formula is C18H18N4O5. The van der Waals surface area contributed by atoms with Crippen molar-refractivity contribution in [1.82, 2.24) is 15.1 Å². The van der Waals surface area contributed by atoms with E-state index in [1.165, 1.54) is 18.2 Å². The van der Waals surface area contributed by atoms with Crippen LogP contribution >= 0.6 is 0 Å². The molecule has 140 valence electrons. The van der Waals surface area contributed by atoms with Crippen LogP contribution < -0.4 is 10.1 Å². The third-order valence-corrected chi connectivity index (χ3v) is 3.91. The zero-order valence-corrected chi connectivity index (χ0v) is 14.8. The van der Waals surface area contributed by atoms with Crippen LogP contribution in [0.25, 0.3) is 0 Å². The molecule has 0 bridgehead atoms. The van der Waals surface area contributed by atoms with Crippen molar-refractivity contribution in [2.75, 3.05) is 0 Å². The van der Waals surface area contributed by atoms with Crippen LogP contribution in [-0.2, 0) is 20.2 Å². The summed E-state index contributed by atoms with van der Waals surface area (Å²) in [6.07, 6.45) is 0. The Morgan fingerprint density at radius 3 is 2.81 bits per heavy atom. The van der Waals surface area contributed by atoms with E-state index < -0.39 is 4.92 Å². The molecule has 1 N–H and O–H groups in total. The predicted molar refractivity (Wildman–Crippen MR) is 95.3 cm³/mol. The van der Waals surface area contributed by atoms with Gasteiger partial charge in [0.1, 0.15) is 12.4 Å². The molecule has 2 aromatic heterocycles. The topological polar surface area (TPSA) is 112 Å². The highest BCUT2D eigenvalue weighted by Gasteiger charge is 2.16. The predicted octanol–water partition coefficient (Wildman–Crippen LogP) is 2.74. The van der Waals surface area contributed by atoms with Gasteiger partial charge in [-0.05, 0) is 31.2 Å². The summed E-state index contributed by atoms with van der Waals surface area (Å²) >= 11 is 0. The summed E-state index contributed by atoms with van der Waals surface area (Å²) in [4.78, 5) is 22.6. The van der Waals surface area contributed by atoms with Crippen molar-refractivity contribution in [2.24, 2.45) is 7.05 Å². The summed E-state index contributed by atoms with van der Waals surface area (Å²) in [7, 11) is 1.83. The maximum Gasteiger partial charge on any atom is 0.310 e. The average Bonchev–Trinajstić information content (AvgIpc) is 3.25. The van der Waals surface area contributed by atoms with Crippen molar-refractivity contribution in [3.8, 4) is 5.75 Å². The summed E-state index contributed by atoms with van der Waals surface area (Å²) in [5, 5.41) is 18.0. The Bertz CT molecular complexity index is 956. The fourth-order valence-corrected chi connectivity index (χ4v) is 2.44. The molecule has 3 rings (SSSR count). The van der Waals surface area contributed by atoms with Crippen molar-refractivity contribution in [3.63, 3.8) is 0 Å². The molecule has 0 aliphatic heterocycles. The van der Waals surface area contributed by atoms with E-state index in [1.807, 2.05) is 20.0 Å². The minimum Gasteiger partial charge on any atom is -0.479 e. The number of aromatic nitrogens is 2. The molecular weight excluding hydrogens is 352 g/mol. The van der Waals surface area contributed by atoms with Crippen LogP contribution in [0.4, 0.5) is 5.69 Å². The third kappa shape index (κ3) is 4.32. The summed E-state index contributed by atoms with van der Waals surface area (Å²) < 4.78 is 12.6. The Hall–Kier alpha value is -3.62. The van der Waals surface area contributed by atoms with Gasteiger partial charge < -0.3 is 14.5 Å². The number of para-hydroxylation sites is 2. The van der Waals surface area contributed by atoms with Gasteiger partial charge in [-0.1, -0.05) is 12.1 Å². The van der Waals surface area contributed by atoms with E-state index in [4.69, 9.17) is 9.15 Å². The number of nitrogens with one attached hydrogen (secondary N) is 1. The van der Waals surface area contributed by atoms with E-state index in [-0.39, 0.29) is 36.3 Å². The Labute approximate surface area is 154 Å². The van der Waals surface area contributed by atoms with E-state index >= 15 is 0 Å². The Morgan fingerprint density at radius 2 is 2.11 bits per heavy atom. The Kier molecular flexibility index (Phi) is 5.20. The van der Waals surface area contributed by atoms with E-state index in [0.29, 0.717) is 5.76 Å². The molecule has 27 heavy (non-hydrogen) atoms. The molecule has 1 amide bonds. The van der Waals surface area contributed by atoms with Crippen LogP contribution in [-0.4, -0.2) is 20.6 Å². The quantitative estimate of drug-likeness (QED) is 0.505. The highest BCUT2D eigenvalue weighted by atomic mass is 16.6. The van der Waals surface area contributed by atoms with Gasteiger partial charge in [0.2, 0.25) is 0 Å². The number of nitro benzene ring substituents is 1. The van der Waals surface area contributed by atoms with Gasteiger partial charge in [-0.25, -0.2) is 0 Å². The number of ether oxygens (including phenoxy) is 1. The molecule has 0 spiro atoms. The molecule has 9 nitrogen and oxygen atoms in total. The lowest BCUT2D eigenvalue weighted by Crippen LogP contribution is -2.22. The zero-order chi connectivity index (χ0) is 19.4. The van der Waals surface area contributed by atoms with Crippen LogP contribution in [0.2, 0.25) is 0 Å². The number of aryl methyl sites for hydroxylation is 2. The van der Waals surface area contributed by atoms with Crippen molar-refractivity contribution in [1.29, 1.82) is 0 Å². The molecule has 0 saturated carbocycles. The van der Waals surface area contributed by atoms with Crippen molar-refractivity contribution in [2.45, 2.75) is 20.1 Å². The van der Waals surface area contributed by atoms with Crippen molar-refractivity contribution >= 4 is 11.6 Å². The van der Waals surface area contributed by atoms with Gasteiger partial charge in [-0.2, -0.15) is 5.10 Å². The van der Waals surface area contributed by atoms with Crippen molar-refractivity contribution in [3.05, 3.63) is 75.5 Å². The van der Waals surface area contributed by atoms with Gasteiger partial charge >= 0.3 is 5.69 Å². The van der Waals surface area contributed by atoms with Gasteiger partial charge in [0.25, 0.3) is 5.91 Å². The van der Waals surface area contributed by atoms with Crippen LogP contribution in [0, 0.1) is 17.0 Å². The smallest absolute Gasteiger partial charge is 0.310 e. The van der Waals surface area contributed by atoms with Crippen LogP contribution in [0.15, 0.2) is 46.9 Å². The lowest BCUT2D eigenvalue weighted by molar-refractivity contribution is -0.386. The first kappa shape index (κ1) is 18.2. The first-order valence-electron chi connectivity index (χ1n) is 8.16. The monoisotopic (exact) mass is 370 g/mol. The van der Waals surface area contributed by atoms with E-state index in [2.05, 4.69) is 10.4 Å². The highest BCUT2D eigenvalue weighted by Crippen LogP contribution is 2.26. The Balaban J connectivity index is 1.58. The van der Waals surface area contributed by atoms with Gasteiger partial charge in [0.05, 0.1) is 17.2 Å². The molecule has 1 aromatic carbocycles. The average molecular weight is 370 g/mol. The first-order valence-corrected chi connectivity index (χ1v) is 8.16. The molecule has 0 unspecified atom stereocenters. The number of carbonyl (C=O) groups excluding carboxylic acids is 1. The second-order valence-corrected chi connectivity index (χ2v) is 5.86. The molecule has 9 heteroatoms. The standard InChI is InChI=1S/C18H18N4O5/c1-12-9-13(20-21(12)2)10-19-18(23)17-8-7-14(27-17)11-26-16-6-4-3-5-15(16)22(24)25/h3-9H,10-11H2,1-2H3,(H,19,23). The lowest BCUT2D eigenvalue weighted by atomic mass is 10.3. The lowest BCUT2D eigenvalue weighted by Gasteiger charge is -2.04. The summed E-state index contributed by atoms with van der Waals surface area (Å²) in [6.45, 7) is 2.18. The minimum atomic E-state index is -0.518. The highest BCUT2D eigenvalue weighted by molar-refractivity contribution is 5.91. The van der Waals surface area contributed by atoms with Gasteiger partial charge in [0.15, 0.2) is 11.5 Å². The van der Waals surface area contributed by atoms with E-state index in [1.54, 1.807) is 22.9 Å². The number of rotatable bonds is 7. The van der Waals surface area contributed by atoms with Crippen LogP contribution in [0.3, 0.4) is 0 Å². The fourth-order valence-electron chi connectivity index (χ4n) is 2.44. The van der Waals surface area contributed by atoms with E-state index in [9.17, 15) is 14.9 Å². The maximum absolute atomic E-state index is 12.2. The van der Waals surface area contributed by atoms with Gasteiger partial charge in [-0.3, -0.25) is 19.6 Å². The molecule has 0 radical (unpaired) electrons. The summed E-state index contributed by atoms with van der Waals surface area (Å²) in [5.41, 5.74) is 1.61. The first-order chi connectivity index (χ1) is 12.9. The summed E-state index contributed by atoms with van der Waals surface area (Å²) in [5.74, 6) is 0.265. The largest absolute Gasteiger partial charge is 0.479 e. The Morgan fingerprint density at radius 1 is 1.33 bits per heavy atom. The molecule has 0 saturated heterocycles. The number of nitrogens with zero attached hydrogens (tertiary/aromatic N) is 3. The fraction of sp³-hybridized carbons (Fsp3) is 0.222. The molecule has 0 fully saturated rings. The number of hydrogen-bond donors (Lipinski definition) is 1. The normalized spacial score (nSPS) is 10.6. The number of benzene rings is 1. The summed E-state index contributed by atoms with van der Waals surface area (Å²) in [6, 6.07) is 11.1. The van der Waals surface area contributed by atoms with Crippen molar-refractivity contribution < 1.29 is 18.9 Å². The van der Waals surface area contributed by atoms with Crippen LogP contribution in [0.5, 0.6) is 5.75 Å². The van der Waals surface area contributed by atoms with E-state index in [0.717, 1.165) is 11.4 Å². The SMILES string of the molecule is Cc1cc(CNC(=O)c2ccc(COc3ccccc3[N+](=O)[O-])o2)nn1C. The van der Waals surface area contributed by atoms with Gasteiger partial charge in [0, 0.05) is 18.8 Å². The molecule has 3 aromatic rings. The second kappa shape index (κ2) is 7.73. The number of hydrogen-bond acceptors (Lipinski definition) is 6. The van der Waals surface area contributed by atoms with Crippen LogP contribution in [0.1, 0.15) is 27.7 Å². The molecule has 0 aliphatic rings. The molecule has 0 atom stereocenters. The molecule has 2 heterocycles.